The lowest BCUT2D eigenvalue weighted by atomic mass is 9.91. The molecule has 2 unspecified atom stereocenters. The molecule has 0 radical (unpaired) electrons. The van der Waals surface area contributed by atoms with E-state index in [1.165, 1.54) is 32.2 Å². The highest BCUT2D eigenvalue weighted by Gasteiger charge is 2.10. The number of unbranched alkanes of at least 4 members (excludes halogenated alkanes) is 1. The Hall–Kier alpha value is -0.300. The number of hydrogen-bond acceptors (Lipinski definition) is 1. The Morgan fingerprint density at radius 3 is 2.57 bits per heavy atom. The van der Waals surface area contributed by atoms with E-state index in [1.807, 2.05) is 6.08 Å². The normalized spacial score (nSPS) is 15.1. The van der Waals surface area contributed by atoms with E-state index in [0.717, 1.165) is 18.4 Å². The second-order valence-electron chi connectivity index (χ2n) is 4.38. The van der Waals surface area contributed by atoms with Gasteiger partial charge in [0.15, 0.2) is 0 Å². The van der Waals surface area contributed by atoms with Crippen LogP contribution in [0.4, 0.5) is 0 Å². The van der Waals surface area contributed by atoms with Gasteiger partial charge in [-0.1, -0.05) is 33.3 Å². The Morgan fingerprint density at radius 1 is 1.29 bits per heavy atom. The maximum absolute atomic E-state index is 3.75. The zero-order chi connectivity index (χ0) is 10.8. The molecule has 0 heterocycles. The third kappa shape index (κ3) is 7.14. The lowest BCUT2D eigenvalue weighted by Crippen LogP contribution is -2.25. The first kappa shape index (κ1) is 13.7. The molecule has 0 aliphatic carbocycles. The smallest absolute Gasteiger partial charge is 0.00206 e. The van der Waals surface area contributed by atoms with Crippen molar-refractivity contribution in [1.82, 2.24) is 5.32 Å². The van der Waals surface area contributed by atoms with E-state index in [2.05, 4.69) is 32.7 Å². The summed E-state index contributed by atoms with van der Waals surface area (Å²) >= 11 is 0. The minimum absolute atomic E-state index is 0.798. The molecule has 0 fully saturated rings. The van der Waals surface area contributed by atoms with Gasteiger partial charge >= 0.3 is 0 Å². The Bertz CT molecular complexity index is 131. The average molecular weight is 197 g/mol. The van der Waals surface area contributed by atoms with Crippen molar-refractivity contribution in [3.8, 4) is 0 Å². The fourth-order valence-electron chi connectivity index (χ4n) is 1.58. The van der Waals surface area contributed by atoms with Gasteiger partial charge in [-0.05, 0) is 44.2 Å². The van der Waals surface area contributed by atoms with Gasteiger partial charge in [-0.2, -0.15) is 0 Å². The van der Waals surface area contributed by atoms with Gasteiger partial charge in [-0.25, -0.2) is 0 Å². The van der Waals surface area contributed by atoms with E-state index in [4.69, 9.17) is 0 Å². The van der Waals surface area contributed by atoms with Crippen LogP contribution in [-0.4, -0.2) is 13.1 Å². The van der Waals surface area contributed by atoms with E-state index >= 15 is 0 Å². The van der Waals surface area contributed by atoms with Crippen molar-refractivity contribution in [3.05, 3.63) is 12.7 Å². The van der Waals surface area contributed by atoms with Gasteiger partial charge in [0.25, 0.3) is 0 Å². The standard InChI is InChI=1S/C13H27N/c1-5-7-8-9-12(3)13(4)11-14-10-6-2/h5,12-14H,1,6-11H2,2-4H3. The monoisotopic (exact) mass is 197 g/mol. The van der Waals surface area contributed by atoms with Gasteiger partial charge in [0.1, 0.15) is 0 Å². The first-order valence-corrected chi connectivity index (χ1v) is 6.04. The average Bonchev–Trinajstić information content (AvgIpc) is 2.18. The molecule has 0 aliphatic rings. The van der Waals surface area contributed by atoms with Gasteiger partial charge in [0.05, 0.1) is 0 Å². The Balaban J connectivity index is 3.43. The number of nitrogens with one attached hydrogen (secondary N) is 1. The second-order valence-corrected chi connectivity index (χ2v) is 4.38. The molecule has 84 valence electrons. The molecule has 14 heavy (non-hydrogen) atoms. The Morgan fingerprint density at radius 2 is 2.00 bits per heavy atom. The summed E-state index contributed by atoms with van der Waals surface area (Å²) in [6, 6.07) is 0. The van der Waals surface area contributed by atoms with Gasteiger partial charge in [0, 0.05) is 0 Å². The molecular formula is C13H27N. The molecule has 0 aromatic rings. The largest absolute Gasteiger partial charge is 0.316 e. The van der Waals surface area contributed by atoms with E-state index < -0.39 is 0 Å². The highest BCUT2D eigenvalue weighted by molar-refractivity contribution is 4.69. The summed E-state index contributed by atoms with van der Waals surface area (Å²) in [5.74, 6) is 1.63. The van der Waals surface area contributed by atoms with Crippen LogP contribution < -0.4 is 5.32 Å². The zero-order valence-corrected chi connectivity index (χ0v) is 10.2. The quantitative estimate of drug-likeness (QED) is 0.440. The first-order chi connectivity index (χ1) is 6.72. The maximum atomic E-state index is 3.75. The van der Waals surface area contributed by atoms with Crippen molar-refractivity contribution >= 4 is 0 Å². The number of allylic oxidation sites excluding steroid dienone is 1. The SMILES string of the molecule is C=CCCCC(C)C(C)CNCCC. The van der Waals surface area contributed by atoms with Crippen LogP contribution in [0, 0.1) is 11.8 Å². The summed E-state index contributed by atoms with van der Waals surface area (Å²) < 4.78 is 0. The van der Waals surface area contributed by atoms with Crippen molar-refractivity contribution < 1.29 is 0 Å². The highest BCUT2D eigenvalue weighted by Crippen LogP contribution is 2.17. The van der Waals surface area contributed by atoms with Crippen LogP contribution >= 0.6 is 0 Å². The molecule has 2 atom stereocenters. The van der Waals surface area contributed by atoms with Crippen molar-refractivity contribution in [3.63, 3.8) is 0 Å². The van der Waals surface area contributed by atoms with Gasteiger partial charge in [0.2, 0.25) is 0 Å². The van der Waals surface area contributed by atoms with Crippen molar-refractivity contribution in [1.29, 1.82) is 0 Å². The van der Waals surface area contributed by atoms with Crippen LogP contribution in [0.2, 0.25) is 0 Å². The molecule has 0 rings (SSSR count). The van der Waals surface area contributed by atoms with Crippen LogP contribution in [0.1, 0.15) is 46.5 Å². The summed E-state index contributed by atoms with van der Waals surface area (Å²) in [5.41, 5.74) is 0. The van der Waals surface area contributed by atoms with Crippen molar-refractivity contribution in [2.75, 3.05) is 13.1 Å². The zero-order valence-electron chi connectivity index (χ0n) is 10.2. The lowest BCUT2D eigenvalue weighted by molar-refractivity contribution is 0.342. The predicted molar refractivity (Wildman–Crippen MR) is 65.5 cm³/mol. The van der Waals surface area contributed by atoms with E-state index in [1.54, 1.807) is 0 Å². The molecule has 1 nitrogen and oxygen atoms in total. The molecule has 0 aromatic carbocycles. The lowest BCUT2D eigenvalue weighted by Gasteiger charge is -2.20. The fourth-order valence-corrected chi connectivity index (χ4v) is 1.58. The third-order valence-corrected chi connectivity index (χ3v) is 2.93. The summed E-state index contributed by atoms with van der Waals surface area (Å²) in [4.78, 5) is 0. The highest BCUT2D eigenvalue weighted by atomic mass is 14.8. The summed E-state index contributed by atoms with van der Waals surface area (Å²) in [5, 5.41) is 3.49. The summed E-state index contributed by atoms with van der Waals surface area (Å²) in [6.07, 6.45) is 7.05. The minimum atomic E-state index is 0.798. The summed E-state index contributed by atoms with van der Waals surface area (Å²) in [6.45, 7) is 13.0. The first-order valence-electron chi connectivity index (χ1n) is 6.04. The van der Waals surface area contributed by atoms with Gasteiger partial charge in [-0.15, -0.1) is 6.58 Å². The second kappa shape index (κ2) is 9.26. The molecule has 1 N–H and O–H groups in total. The maximum Gasteiger partial charge on any atom is -0.00206 e. The molecular weight excluding hydrogens is 170 g/mol. The molecule has 0 aromatic heterocycles. The molecule has 0 amide bonds. The summed E-state index contributed by atoms with van der Waals surface area (Å²) in [7, 11) is 0. The van der Waals surface area contributed by atoms with Crippen molar-refractivity contribution in [2.45, 2.75) is 46.5 Å². The van der Waals surface area contributed by atoms with Crippen molar-refractivity contribution in [2.24, 2.45) is 11.8 Å². The van der Waals surface area contributed by atoms with E-state index in [0.29, 0.717) is 0 Å². The molecule has 0 saturated carbocycles. The van der Waals surface area contributed by atoms with Crippen LogP contribution in [0.3, 0.4) is 0 Å². The minimum Gasteiger partial charge on any atom is -0.316 e. The van der Waals surface area contributed by atoms with Crippen LogP contribution in [0.15, 0.2) is 12.7 Å². The van der Waals surface area contributed by atoms with Gasteiger partial charge < -0.3 is 5.32 Å². The molecule has 0 saturated heterocycles. The molecule has 0 aliphatic heterocycles. The molecule has 1 heteroatoms. The third-order valence-electron chi connectivity index (χ3n) is 2.93. The topological polar surface area (TPSA) is 12.0 Å². The fraction of sp³-hybridized carbons (Fsp3) is 0.846. The number of rotatable bonds is 9. The van der Waals surface area contributed by atoms with Crippen LogP contribution in [-0.2, 0) is 0 Å². The predicted octanol–water partition coefficient (Wildman–Crippen LogP) is 3.61. The Labute approximate surface area is 90.0 Å². The molecule has 0 bridgehead atoms. The molecule has 0 spiro atoms. The number of hydrogen-bond donors (Lipinski definition) is 1. The van der Waals surface area contributed by atoms with Gasteiger partial charge in [-0.3, -0.25) is 0 Å². The van der Waals surface area contributed by atoms with Crippen LogP contribution in [0.25, 0.3) is 0 Å². The van der Waals surface area contributed by atoms with E-state index in [-0.39, 0.29) is 0 Å². The van der Waals surface area contributed by atoms with E-state index in [9.17, 15) is 0 Å². The van der Waals surface area contributed by atoms with Crippen LogP contribution in [0.5, 0.6) is 0 Å². The Kier molecular flexibility index (Phi) is 9.06.